The second-order valence-corrected chi connectivity index (χ2v) is 2.98. The summed E-state index contributed by atoms with van der Waals surface area (Å²) in [6, 6.07) is 7.97. The van der Waals surface area contributed by atoms with Crippen molar-refractivity contribution in [2.24, 2.45) is 0 Å². The maximum Gasteiger partial charge on any atom is 0.121 e. The summed E-state index contributed by atoms with van der Waals surface area (Å²) < 4.78 is 7.13. The van der Waals surface area contributed by atoms with Gasteiger partial charge in [-0.15, -0.1) is 0 Å². The summed E-state index contributed by atoms with van der Waals surface area (Å²) in [4.78, 5) is 5.16. The van der Waals surface area contributed by atoms with Crippen LogP contribution in [0.4, 0.5) is 0 Å². The molecule has 0 fully saturated rings. The van der Waals surface area contributed by atoms with Crippen molar-refractivity contribution in [3.63, 3.8) is 0 Å². The smallest absolute Gasteiger partial charge is 0.121 e. The average Bonchev–Trinajstić information content (AvgIpc) is 2.60. The van der Waals surface area contributed by atoms with E-state index in [-0.39, 0.29) is 0 Å². The van der Waals surface area contributed by atoms with Gasteiger partial charge in [0, 0.05) is 17.6 Å². The summed E-state index contributed by atoms with van der Waals surface area (Å²) in [5, 5.41) is 1.15. The molecule has 0 bridgehead atoms. The van der Waals surface area contributed by atoms with Crippen molar-refractivity contribution in [3.05, 3.63) is 30.5 Å². The first-order valence-corrected chi connectivity index (χ1v) is 4.63. The summed E-state index contributed by atoms with van der Waals surface area (Å²) in [7, 11) is 1.65. The number of hydrogen-bond acceptors (Lipinski definition) is 2. The molecule has 0 radical (unpaired) electrons. The summed E-state index contributed by atoms with van der Waals surface area (Å²) in [5.74, 6) is 0.872. The maximum absolute atomic E-state index is 5.41. The van der Waals surface area contributed by atoms with Gasteiger partial charge in [-0.3, -0.25) is 0 Å². The monoisotopic (exact) mass is 191 g/mol. The van der Waals surface area contributed by atoms with Crippen LogP contribution >= 0.6 is 0 Å². The van der Waals surface area contributed by atoms with E-state index in [0.717, 1.165) is 16.7 Å². The average molecular weight is 191 g/mol. The lowest BCUT2D eigenvalue weighted by atomic mass is 10.2. The van der Waals surface area contributed by atoms with Gasteiger partial charge in [-0.1, -0.05) is 0 Å². The highest BCUT2D eigenvalue weighted by molar-refractivity contribution is 5.81. The zero-order chi connectivity index (χ0) is 9.97. The molecule has 0 saturated heterocycles. The Labute approximate surface area is 82.8 Å². The van der Waals surface area contributed by atoms with E-state index in [1.807, 2.05) is 37.4 Å². The zero-order valence-corrected chi connectivity index (χ0v) is 8.36. The molecule has 74 valence electrons. The zero-order valence-electron chi connectivity index (χ0n) is 8.36. The first-order valence-electron chi connectivity index (χ1n) is 4.63. The third-order valence-corrected chi connectivity index (χ3v) is 2.14. The van der Waals surface area contributed by atoms with Crippen LogP contribution in [-0.2, 0) is 0 Å². The Kier molecular flexibility index (Phi) is 2.31. The van der Waals surface area contributed by atoms with Gasteiger partial charge in [-0.05, 0) is 25.1 Å². The summed E-state index contributed by atoms with van der Waals surface area (Å²) >= 11 is 0. The van der Waals surface area contributed by atoms with E-state index in [2.05, 4.69) is 0 Å². The molecule has 0 aliphatic rings. The second-order valence-electron chi connectivity index (χ2n) is 2.98. The lowest BCUT2D eigenvalue weighted by Gasteiger charge is -2.05. The molecule has 3 nitrogen and oxygen atoms in total. The molecular formula is C11H13NO2. The van der Waals surface area contributed by atoms with Gasteiger partial charge in [0.25, 0.3) is 0 Å². The molecule has 0 unspecified atom stereocenters. The van der Waals surface area contributed by atoms with Gasteiger partial charge >= 0.3 is 0 Å². The van der Waals surface area contributed by atoms with E-state index < -0.39 is 0 Å². The molecule has 3 heteroatoms. The van der Waals surface area contributed by atoms with Crippen molar-refractivity contribution >= 4 is 10.9 Å². The highest BCUT2D eigenvalue weighted by Crippen LogP contribution is 2.21. The third-order valence-electron chi connectivity index (χ3n) is 2.14. The third kappa shape index (κ3) is 1.41. The van der Waals surface area contributed by atoms with Crippen LogP contribution in [-0.4, -0.2) is 18.4 Å². The van der Waals surface area contributed by atoms with Gasteiger partial charge in [0.2, 0.25) is 0 Å². The van der Waals surface area contributed by atoms with Gasteiger partial charge in [0.1, 0.15) is 12.9 Å². The van der Waals surface area contributed by atoms with Crippen molar-refractivity contribution in [2.45, 2.75) is 6.92 Å². The molecule has 1 aromatic carbocycles. The van der Waals surface area contributed by atoms with Gasteiger partial charge in [-0.25, -0.2) is 0 Å². The quantitative estimate of drug-likeness (QED) is 0.741. The van der Waals surface area contributed by atoms with Crippen LogP contribution in [0.1, 0.15) is 6.92 Å². The van der Waals surface area contributed by atoms with E-state index in [1.54, 1.807) is 11.8 Å². The van der Waals surface area contributed by atoms with Crippen molar-refractivity contribution in [1.29, 1.82) is 0 Å². The molecule has 2 rings (SSSR count). The Balaban J connectivity index is 2.50. The fraction of sp³-hybridized carbons (Fsp3) is 0.273. The van der Waals surface area contributed by atoms with Crippen LogP contribution in [0.2, 0.25) is 0 Å². The van der Waals surface area contributed by atoms with Gasteiger partial charge in [0.15, 0.2) is 0 Å². The normalized spacial score (nSPS) is 10.4. The number of benzene rings is 1. The Morgan fingerprint density at radius 3 is 2.86 bits per heavy atom. The molecule has 0 aliphatic carbocycles. The highest BCUT2D eigenvalue weighted by atomic mass is 16.6. The van der Waals surface area contributed by atoms with Crippen LogP contribution in [0.15, 0.2) is 30.5 Å². The molecule has 0 aliphatic heterocycles. The maximum atomic E-state index is 5.41. The molecule has 0 amide bonds. The molecule has 14 heavy (non-hydrogen) atoms. The molecular weight excluding hydrogens is 178 g/mol. The Bertz CT molecular complexity index is 434. The fourth-order valence-electron chi connectivity index (χ4n) is 1.50. The van der Waals surface area contributed by atoms with E-state index >= 15 is 0 Å². The van der Waals surface area contributed by atoms with Gasteiger partial charge in [0.05, 0.1) is 12.1 Å². The molecule has 1 aromatic heterocycles. The number of ether oxygens (including phenoxy) is 1. The SMILES string of the molecule is CCOc1ccc2ccn(OC)c2c1. The molecule has 0 atom stereocenters. The fourth-order valence-corrected chi connectivity index (χ4v) is 1.50. The summed E-state index contributed by atoms with van der Waals surface area (Å²) in [6.07, 6.45) is 1.89. The lowest BCUT2D eigenvalue weighted by Crippen LogP contribution is -2.02. The van der Waals surface area contributed by atoms with E-state index in [1.165, 1.54) is 0 Å². The van der Waals surface area contributed by atoms with Crippen molar-refractivity contribution in [1.82, 2.24) is 4.73 Å². The largest absolute Gasteiger partial charge is 0.494 e. The minimum Gasteiger partial charge on any atom is -0.494 e. The van der Waals surface area contributed by atoms with Crippen molar-refractivity contribution in [2.75, 3.05) is 13.7 Å². The van der Waals surface area contributed by atoms with E-state index in [0.29, 0.717) is 6.61 Å². The van der Waals surface area contributed by atoms with E-state index in [9.17, 15) is 0 Å². The number of fused-ring (bicyclic) bond motifs is 1. The molecule has 2 aromatic rings. The van der Waals surface area contributed by atoms with Gasteiger partial charge in [-0.2, -0.15) is 4.73 Å². The first kappa shape index (κ1) is 8.94. The summed E-state index contributed by atoms with van der Waals surface area (Å²) in [5.41, 5.74) is 1.03. The number of nitrogens with zero attached hydrogens (tertiary/aromatic N) is 1. The molecule has 1 heterocycles. The Morgan fingerprint density at radius 1 is 1.29 bits per heavy atom. The van der Waals surface area contributed by atoms with Crippen LogP contribution in [0.5, 0.6) is 5.75 Å². The topological polar surface area (TPSA) is 23.4 Å². The molecule has 0 N–H and O–H groups in total. The predicted octanol–water partition coefficient (Wildman–Crippen LogP) is 2.10. The second kappa shape index (κ2) is 3.62. The van der Waals surface area contributed by atoms with Crippen LogP contribution in [0.3, 0.4) is 0 Å². The van der Waals surface area contributed by atoms with Crippen LogP contribution in [0.25, 0.3) is 10.9 Å². The van der Waals surface area contributed by atoms with E-state index in [4.69, 9.17) is 9.57 Å². The van der Waals surface area contributed by atoms with Crippen LogP contribution < -0.4 is 9.57 Å². The van der Waals surface area contributed by atoms with Crippen LogP contribution in [0, 0.1) is 0 Å². The van der Waals surface area contributed by atoms with Crippen molar-refractivity contribution in [3.8, 4) is 5.75 Å². The minimum absolute atomic E-state index is 0.680. The summed E-state index contributed by atoms with van der Waals surface area (Å²) in [6.45, 7) is 2.65. The van der Waals surface area contributed by atoms with Crippen molar-refractivity contribution < 1.29 is 9.57 Å². The Hall–Kier alpha value is -1.64. The lowest BCUT2D eigenvalue weighted by molar-refractivity contribution is 0.179. The minimum atomic E-state index is 0.680. The number of aromatic nitrogens is 1. The number of hydrogen-bond donors (Lipinski definition) is 0. The Morgan fingerprint density at radius 2 is 2.14 bits per heavy atom. The standard InChI is InChI=1S/C11H13NO2/c1-3-14-10-5-4-9-6-7-12(13-2)11(9)8-10/h4-8H,3H2,1-2H3. The molecule has 0 saturated carbocycles. The molecule has 0 spiro atoms. The predicted molar refractivity (Wildman–Crippen MR) is 55.6 cm³/mol. The highest BCUT2D eigenvalue weighted by Gasteiger charge is 2.02. The first-order chi connectivity index (χ1) is 6.85. The number of rotatable bonds is 3. The van der Waals surface area contributed by atoms with Gasteiger partial charge < -0.3 is 9.57 Å².